The van der Waals surface area contributed by atoms with Crippen LogP contribution in [0.1, 0.15) is 20.3 Å². The van der Waals surface area contributed by atoms with E-state index in [4.69, 9.17) is 0 Å². The van der Waals surface area contributed by atoms with Gasteiger partial charge in [0.15, 0.2) is 0 Å². The molecule has 0 aliphatic carbocycles. The van der Waals surface area contributed by atoms with Crippen molar-refractivity contribution in [1.29, 1.82) is 0 Å². The van der Waals surface area contributed by atoms with Gasteiger partial charge >= 0.3 is 0 Å². The van der Waals surface area contributed by atoms with Gasteiger partial charge in [-0.1, -0.05) is 6.92 Å². The van der Waals surface area contributed by atoms with Crippen LogP contribution in [0.2, 0.25) is 0 Å². The van der Waals surface area contributed by atoms with Crippen LogP contribution < -0.4 is 5.43 Å². The van der Waals surface area contributed by atoms with Crippen molar-refractivity contribution >= 4 is 27.9 Å². The minimum absolute atomic E-state index is 0.233. The molecular formula is C6H8N3OS. The smallest absolute Gasteiger partial charge is 0.245 e. The molecule has 0 fully saturated rings. The topological polar surface area (TPSA) is 55.9 Å². The predicted molar refractivity (Wildman–Crippen MR) is 45.6 cm³/mol. The molecule has 1 amide bonds. The molecule has 1 aliphatic heterocycles. The van der Waals surface area contributed by atoms with E-state index in [1.54, 1.807) is 0 Å². The number of amidine groups is 1. The lowest BCUT2D eigenvalue weighted by Gasteiger charge is -1.87. The SMILES string of the molecule is CCC1=N[N]C(=NC(C)=O)S1. The van der Waals surface area contributed by atoms with Crippen LogP contribution in [0, 0.1) is 0 Å². The summed E-state index contributed by atoms with van der Waals surface area (Å²) in [5, 5.41) is 5.17. The molecule has 0 spiro atoms. The van der Waals surface area contributed by atoms with E-state index in [0.717, 1.165) is 11.5 Å². The highest BCUT2D eigenvalue weighted by atomic mass is 32.2. The molecule has 0 bridgehead atoms. The standard InChI is InChI=1S/C6H8N3OS/c1-3-5-8-9-6(11-5)7-4(2)10/h3H2,1-2H3. The maximum Gasteiger partial charge on any atom is 0.245 e. The van der Waals surface area contributed by atoms with Crippen LogP contribution in [0.3, 0.4) is 0 Å². The van der Waals surface area contributed by atoms with Gasteiger partial charge in [-0.25, -0.2) is 0 Å². The fourth-order valence-electron chi connectivity index (χ4n) is 0.567. The van der Waals surface area contributed by atoms with Crippen LogP contribution in [-0.4, -0.2) is 16.1 Å². The molecular weight excluding hydrogens is 162 g/mol. The van der Waals surface area contributed by atoms with Crippen LogP contribution >= 0.6 is 11.8 Å². The van der Waals surface area contributed by atoms with E-state index >= 15 is 0 Å². The number of hydrogen-bond acceptors (Lipinski definition) is 3. The molecule has 0 aromatic carbocycles. The van der Waals surface area contributed by atoms with E-state index in [0.29, 0.717) is 5.17 Å². The molecule has 1 heterocycles. The second-order valence-corrected chi connectivity index (χ2v) is 3.00. The number of hydrogen-bond donors (Lipinski definition) is 0. The zero-order valence-corrected chi connectivity index (χ0v) is 7.18. The summed E-state index contributed by atoms with van der Waals surface area (Å²) in [4.78, 5) is 14.1. The quantitative estimate of drug-likeness (QED) is 0.588. The largest absolute Gasteiger partial charge is 0.273 e. The highest BCUT2D eigenvalue weighted by molar-refractivity contribution is 8.26. The first kappa shape index (κ1) is 8.26. The van der Waals surface area contributed by atoms with Crippen molar-refractivity contribution in [3.8, 4) is 0 Å². The van der Waals surface area contributed by atoms with Gasteiger partial charge < -0.3 is 0 Å². The van der Waals surface area contributed by atoms with E-state index in [1.165, 1.54) is 18.7 Å². The monoisotopic (exact) mass is 170 g/mol. The summed E-state index contributed by atoms with van der Waals surface area (Å²) in [7, 11) is 0. The number of rotatable bonds is 1. The second-order valence-electron chi connectivity index (χ2n) is 1.96. The van der Waals surface area contributed by atoms with Crippen molar-refractivity contribution in [2.24, 2.45) is 10.1 Å². The summed E-state index contributed by atoms with van der Waals surface area (Å²) < 4.78 is 0. The third kappa shape index (κ3) is 2.34. The summed E-state index contributed by atoms with van der Waals surface area (Å²) in [5.74, 6) is -0.233. The Bertz CT molecular complexity index is 234. The van der Waals surface area contributed by atoms with Crippen molar-refractivity contribution < 1.29 is 4.79 Å². The first-order valence-corrected chi connectivity index (χ1v) is 4.08. The number of nitrogens with zero attached hydrogens (tertiary/aromatic N) is 3. The average molecular weight is 170 g/mol. The van der Waals surface area contributed by atoms with Gasteiger partial charge in [-0.3, -0.25) is 4.79 Å². The molecule has 0 atom stereocenters. The molecule has 0 saturated carbocycles. The van der Waals surface area contributed by atoms with Gasteiger partial charge in [-0.15, -0.1) is 10.5 Å². The summed E-state index contributed by atoms with van der Waals surface area (Å²) in [6, 6.07) is 0. The number of thioether (sulfide) groups is 1. The van der Waals surface area contributed by atoms with Gasteiger partial charge in [0.1, 0.15) is 5.04 Å². The molecule has 59 valence electrons. The fraction of sp³-hybridized carbons (Fsp3) is 0.500. The predicted octanol–water partition coefficient (Wildman–Crippen LogP) is 0.964. The van der Waals surface area contributed by atoms with E-state index in [1.807, 2.05) is 6.92 Å². The molecule has 1 aliphatic rings. The van der Waals surface area contributed by atoms with Crippen molar-refractivity contribution in [2.45, 2.75) is 20.3 Å². The Kier molecular flexibility index (Phi) is 2.64. The Hall–Kier alpha value is -0.840. The number of carbonyl (C=O) groups excluding carboxylic acids is 1. The highest BCUT2D eigenvalue weighted by Gasteiger charge is 2.14. The van der Waals surface area contributed by atoms with Crippen LogP contribution in [-0.2, 0) is 4.79 Å². The first-order valence-electron chi connectivity index (χ1n) is 3.27. The maximum absolute atomic E-state index is 10.5. The van der Waals surface area contributed by atoms with Gasteiger partial charge in [-0.2, -0.15) is 4.99 Å². The Morgan fingerprint density at radius 1 is 1.73 bits per heavy atom. The minimum atomic E-state index is -0.233. The zero-order valence-electron chi connectivity index (χ0n) is 6.37. The molecule has 0 N–H and O–H groups in total. The molecule has 0 saturated heterocycles. The van der Waals surface area contributed by atoms with Crippen molar-refractivity contribution in [3.05, 3.63) is 0 Å². The van der Waals surface area contributed by atoms with Crippen molar-refractivity contribution in [3.63, 3.8) is 0 Å². The molecule has 0 aromatic heterocycles. The third-order valence-electron chi connectivity index (χ3n) is 1.01. The molecule has 5 heteroatoms. The van der Waals surface area contributed by atoms with Gasteiger partial charge in [0.05, 0.1) is 0 Å². The Balaban J connectivity index is 2.53. The van der Waals surface area contributed by atoms with Crippen LogP contribution in [0.15, 0.2) is 10.1 Å². The van der Waals surface area contributed by atoms with Gasteiger partial charge in [0.2, 0.25) is 11.1 Å². The van der Waals surface area contributed by atoms with Gasteiger partial charge in [0, 0.05) is 6.92 Å². The van der Waals surface area contributed by atoms with Crippen LogP contribution in [0.4, 0.5) is 0 Å². The lowest BCUT2D eigenvalue weighted by Crippen LogP contribution is -2.01. The highest BCUT2D eigenvalue weighted by Crippen LogP contribution is 2.15. The lowest BCUT2D eigenvalue weighted by atomic mass is 10.5. The first-order chi connectivity index (χ1) is 5.22. The van der Waals surface area contributed by atoms with Crippen molar-refractivity contribution in [2.75, 3.05) is 0 Å². The molecule has 11 heavy (non-hydrogen) atoms. The number of carbonyl (C=O) groups is 1. The lowest BCUT2D eigenvalue weighted by molar-refractivity contribution is -0.115. The molecule has 0 aromatic rings. The molecule has 4 nitrogen and oxygen atoms in total. The van der Waals surface area contributed by atoms with Crippen molar-refractivity contribution in [1.82, 2.24) is 5.43 Å². The van der Waals surface area contributed by atoms with Crippen LogP contribution in [0.5, 0.6) is 0 Å². The maximum atomic E-state index is 10.5. The Labute approximate surface area is 69.2 Å². The molecule has 1 radical (unpaired) electrons. The van der Waals surface area contributed by atoms with E-state index in [-0.39, 0.29) is 5.91 Å². The Morgan fingerprint density at radius 2 is 2.45 bits per heavy atom. The number of amides is 1. The fourth-order valence-corrected chi connectivity index (χ4v) is 1.26. The van der Waals surface area contributed by atoms with Gasteiger partial charge in [0.25, 0.3) is 0 Å². The average Bonchev–Trinajstić information content (AvgIpc) is 2.34. The summed E-state index contributed by atoms with van der Waals surface area (Å²) in [6.45, 7) is 3.38. The minimum Gasteiger partial charge on any atom is -0.273 e. The summed E-state index contributed by atoms with van der Waals surface area (Å²) in [6.07, 6.45) is 0.838. The molecule has 0 unspecified atom stereocenters. The summed E-state index contributed by atoms with van der Waals surface area (Å²) in [5.41, 5.74) is 3.71. The van der Waals surface area contributed by atoms with E-state index in [2.05, 4.69) is 15.5 Å². The third-order valence-corrected chi connectivity index (χ3v) is 1.97. The van der Waals surface area contributed by atoms with Gasteiger partial charge in [-0.05, 0) is 18.2 Å². The van der Waals surface area contributed by atoms with E-state index in [9.17, 15) is 4.79 Å². The zero-order chi connectivity index (χ0) is 8.27. The summed E-state index contributed by atoms with van der Waals surface area (Å²) >= 11 is 1.35. The second kappa shape index (κ2) is 3.52. The number of aliphatic imine (C=N–C) groups is 1. The Morgan fingerprint density at radius 3 is 2.91 bits per heavy atom. The van der Waals surface area contributed by atoms with E-state index < -0.39 is 0 Å². The molecule has 1 rings (SSSR count). The van der Waals surface area contributed by atoms with Crippen LogP contribution in [0.25, 0.3) is 0 Å². The normalized spacial score (nSPS) is 19.8.